The summed E-state index contributed by atoms with van der Waals surface area (Å²) in [6.45, 7) is 0. The van der Waals surface area contributed by atoms with Crippen LogP contribution < -0.4 is 0 Å². The van der Waals surface area contributed by atoms with Crippen molar-refractivity contribution >= 4 is 11.9 Å². The van der Waals surface area contributed by atoms with Gasteiger partial charge < -0.3 is 5.11 Å². The molecule has 0 amide bonds. The average molecular weight is 350 g/mol. The topological polar surface area (TPSA) is 45.5 Å². The molecule has 0 unspecified atom stereocenters. The third-order valence-electron chi connectivity index (χ3n) is 4.31. The quantitative estimate of drug-likeness (QED) is 0.468. The average Bonchev–Trinajstić information content (AvgIpc) is 2.75. The maximum absolute atomic E-state index is 10.9. The predicted molar refractivity (Wildman–Crippen MR) is 110 cm³/mol. The summed E-state index contributed by atoms with van der Waals surface area (Å²) in [4.78, 5) is 8.72. The standard InChI is InChI=1S/C24H18N2O/c27-24-22(19-9-3-1-4-10-19)14-21(26-17-18-8-7-13-25-16-18)15-23(24)20-11-5-2-6-12-20/h1-17,27H. The fourth-order valence-corrected chi connectivity index (χ4v) is 2.97. The van der Waals surface area contributed by atoms with Crippen molar-refractivity contribution in [2.45, 2.75) is 0 Å². The number of pyridine rings is 1. The minimum atomic E-state index is 0.257. The van der Waals surface area contributed by atoms with Crippen LogP contribution >= 0.6 is 0 Å². The summed E-state index contributed by atoms with van der Waals surface area (Å²) in [7, 11) is 0. The van der Waals surface area contributed by atoms with Crippen LogP contribution in [0.4, 0.5) is 5.69 Å². The lowest BCUT2D eigenvalue weighted by Gasteiger charge is -2.12. The van der Waals surface area contributed by atoms with E-state index in [1.165, 1.54) is 0 Å². The molecule has 0 radical (unpaired) electrons. The van der Waals surface area contributed by atoms with Crippen molar-refractivity contribution in [3.63, 3.8) is 0 Å². The molecule has 0 aliphatic carbocycles. The van der Waals surface area contributed by atoms with Gasteiger partial charge in [0.05, 0.1) is 5.69 Å². The highest BCUT2D eigenvalue weighted by Crippen LogP contribution is 2.41. The number of rotatable bonds is 4. The molecular weight excluding hydrogens is 332 g/mol. The van der Waals surface area contributed by atoms with E-state index in [9.17, 15) is 5.11 Å². The Morgan fingerprint density at radius 3 is 1.85 bits per heavy atom. The van der Waals surface area contributed by atoms with Crippen molar-refractivity contribution in [3.8, 4) is 28.0 Å². The fraction of sp³-hybridized carbons (Fsp3) is 0. The van der Waals surface area contributed by atoms with Crippen LogP contribution in [0, 0.1) is 0 Å². The van der Waals surface area contributed by atoms with Crippen molar-refractivity contribution < 1.29 is 5.11 Å². The largest absolute Gasteiger partial charge is 0.507 e. The number of phenolic OH excluding ortho intramolecular Hbond substituents is 1. The SMILES string of the molecule is Oc1c(-c2ccccc2)cc(N=Cc2cccnc2)cc1-c1ccccc1. The smallest absolute Gasteiger partial charge is 0.131 e. The van der Waals surface area contributed by atoms with Crippen LogP contribution in [0.5, 0.6) is 5.75 Å². The van der Waals surface area contributed by atoms with Crippen LogP contribution in [-0.4, -0.2) is 16.3 Å². The minimum Gasteiger partial charge on any atom is -0.507 e. The molecule has 0 spiro atoms. The summed E-state index contributed by atoms with van der Waals surface area (Å²) >= 11 is 0. The van der Waals surface area contributed by atoms with Gasteiger partial charge in [-0.3, -0.25) is 9.98 Å². The van der Waals surface area contributed by atoms with Gasteiger partial charge in [-0.15, -0.1) is 0 Å². The number of nitrogens with zero attached hydrogens (tertiary/aromatic N) is 2. The molecule has 27 heavy (non-hydrogen) atoms. The number of benzene rings is 3. The zero-order chi connectivity index (χ0) is 18.5. The second kappa shape index (κ2) is 7.67. The predicted octanol–water partition coefficient (Wildman–Crippen LogP) is 5.87. The van der Waals surface area contributed by atoms with E-state index >= 15 is 0 Å². The molecule has 4 rings (SSSR count). The summed E-state index contributed by atoms with van der Waals surface area (Å²) in [5, 5.41) is 10.9. The Morgan fingerprint density at radius 1 is 0.741 bits per heavy atom. The highest BCUT2D eigenvalue weighted by Gasteiger charge is 2.13. The van der Waals surface area contributed by atoms with Crippen LogP contribution in [0.15, 0.2) is 102 Å². The third kappa shape index (κ3) is 3.77. The van der Waals surface area contributed by atoms with Gasteiger partial charge >= 0.3 is 0 Å². The molecule has 0 atom stereocenters. The van der Waals surface area contributed by atoms with Crippen LogP contribution in [0.25, 0.3) is 22.3 Å². The highest BCUT2D eigenvalue weighted by atomic mass is 16.3. The van der Waals surface area contributed by atoms with E-state index < -0.39 is 0 Å². The lowest BCUT2D eigenvalue weighted by Crippen LogP contribution is -1.86. The summed E-state index contributed by atoms with van der Waals surface area (Å²) < 4.78 is 0. The van der Waals surface area contributed by atoms with Gasteiger partial charge in [0, 0.05) is 35.3 Å². The molecule has 3 aromatic carbocycles. The van der Waals surface area contributed by atoms with Crippen molar-refractivity contribution in [2.75, 3.05) is 0 Å². The number of aromatic nitrogens is 1. The molecule has 3 nitrogen and oxygen atoms in total. The molecule has 0 saturated heterocycles. The Hall–Kier alpha value is -3.72. The number of aromatic hydroxyl groups is 1. The molecule has 3 heteroatoms. The van der Waals surface area contributed by atoms with Crippen LogP contribution in [0.1, 0.15) is 5.56 Å². The van der Waals surface area contributed by atoms with E-state index in [-0.39, 0.29) is 5.75 Å². The fourth-order valence-electron chi connectivity index (χ4n) is 2.97. The van der Waals surface area contributed by atoms with Gasteiger partial charge in [0.2, 0.25) is 0 Å². The number of phenols is 1. The normalized spacial score (nSPS) is 11.0. The maximum Gasteiger partial charge on any atom is 0.131 e. The van der Waals surface area contributed by atoms with E-state index in [2.05, 4.69) is 9.98 Å². The van der Waals surface area contributed by atoms with Crippen molar-refractivity contribution in [2.24, 2.45) is 4.99 Å². The Balaban J connectivity index is 1.85. The van der Waals surface area contributed by atoms with Gasteiger partial charge in [-0.2, -0.15) is 0 Å². The third-order valence-corrected chi connectivity index (χ3v) is 4.31. The van der Waals surface area contributed by atoms with Gasteiger partial charge in [0.1, 0.15) is 5.75 Å². The molecular formula is C24H18N2O. The van der Waals surface area contributed by atoms with Gasteiger partial charge in [-0.1, -0.05) is 66.7 Å². The molecule has 0 aliphatic rings. The molecule has 0 aliphatic heterocycles. The molecule has 0 bridgehead atoms. The zero-order valence-corrected chi connectivity index (χ0v) is 14.7. The second-order valence-corrected chi connectivity index (χ2v) is 6.17. The lowest BCUT2D eigenvalue weighted by molar-refractivity contribution is 0.479. The first-order valence-corrected chi connectivity index (χ1v) is 8.73. The highest BCUT2D eigenvalue weighted by molar-refractivity contribution is 5.87. The number of hydrogen-bond acceptors (Lipinski definition) is 3. The van der Waals surface area contributed by atoms with Crippen molar-refractivity contribution in [1.29, 1.82) is 0 Å². The Kier molecular flexibility index (Phi) is 4.75. The molecule has 1 heterocycles. The molecule has 4 aromatic rings. The van der Waals surface area contributed by atoms with Gasteiger partial charge in [0.15, 0.2) is 0 Å². The van der Waals surface area contributed by atoms with Gasteiger partial charge in [-0.25, -0.2) is 0 Å². The van der Waals surface area contributed by atoms with Gasteiger partial charge in [-0.05, 0) is 29.3 Å². The molecule has 0 saturated carbocycles. The zero-order valence-electron chi connectivity index (χ0n) is 14.7. The van der Waals surface area contributed by atoms with E-state index in [0.717, 1.165) is 33.5 Å². The van der Waals surface area contributed by atoms with Crippen LogP contribution in [0.3, 0.4) is 0 Å². The molecule has 130 valence electrons. The van der Waals surface area contributed by atoms with E-state index in [0.29, 0.717) is 0 Å². The Morgan fingerprint density at radius 2 is 1.33 bits per heavy atom. The Bertz CT molecular complexity index is 999. The minimum absolute atomic E-state index is 0.257. The molecule has 1 aromatic heterocycles. The lowest BCUT2D eigenvalue weighted by atomic mass is 9.96. The maximum atomic E-state index is 10.9. The Labute approximate surface area is 158 Å². The first-order chi connectivity index (χ1) is 13.3. The summed E-state index contributed by atoms with van der Waals surface area (Å²) in [6, 6.07) is 27.3. The summed E-state index contributed by atoms with van der Waals surface area (Å²) in [5.41, 5.74) is 5.12. The van der Waals surface area contributed by atoms with E-state index in [1.54, 1.807) is 18.6 Å². The molecule has 0 fully saturated rings. The summed E-state index contributed by atoms with van der Waals surface area (Å²) in [6.07, 6.45) is 5.28. The first kappa shape index (κ1) is 16.7. The number of aliphatic imine (C=N–C) groups is 1. The van der Waals surface area contributed by atoms with Crippen LogP contribution in [-0.2, 0) is 0 Å². The van der Waals surface area contributed by atoms with Gasteiger partial charge in [0.25, 0.3) is 0 Å². The van der Waals surface area contributed by atoms with E-state index in [4.69, 9.17) is 0 Å². The number of hydrogen-bond donors (Lipinski definition) is 1. The summed E-state index contributed by atoms with van der Waals surface area (Å²) in [5.74, 6) is 0.257. The van der Waals surface area contributed by atoms with Crippen LogP contribution in [0.2, 0.25) is 0 Å². The van der Waals surface area contributed by atoms with Crippen molar-refractivity contribution in [1.82, 2.24) is 4.98 Å². The second-order valence-electron chi connectivity index (χ2n) is 6.17. The first-order valence-electron chi connectivity index (χ1n) is 8.73. The van der Waals surface area contributed by atoms with E-state index in [1.807, 2.05) is 84.9 Å². The molecule has 1 N–H and O–H groups in total. The monoisotopic (exact) mass is 350 g/mol. The van der Waals surface area contributed by atoms with Crippen molar-refractivity contribution in [3.05, 3.63) is 103 Å².